The van der Waals surface area contributed by atoms with Crippen LogP contribution in [-0.2, 0) is 11.3 Å². The van der Waals surface area contributed by atoms with Gasteiger partial charge in [-0.15, -0.1) is 11.3 Å². The van der Waals surface area contributed by atoms with Gasteiger partial charge in [-0.2, -0.15) is 0 Å². The van der Waals surface area contributed by atoms with E-state index in [4.69, 9.17) is 11.6 Å². The molecular weight excluding hydrogens is 338 g/mol. The molecule has 1 unspecified atom stereocenters. The molecule has 23 heavy (non-hydrogen) atoms. The van der Waals surface area contributed by atoms with Crippen LogP contribution < -0.4 is 10.2 Å². The van der Waals surface area contributed by atoms with Crippen LogP contribution in [0.1, 0.15) is 11.8 Å². The van der Waals surface area contributed by atoms with Crippen LogP contribution in [0.5, 0.6) is 0 Å². The molecule has 0 aliphatic heterocycles. The molecule has 0 bridgehead atoms. The fourth-order valence-corrected chi connectivity index (χ4v) is 3.11. The Bertz CT molecular complexity index is 691. The number of quaternary nitrogens is 1. The van der Waals surface area contributed by atoms with Crippen molar-refractivity contribution in [2.24, 2.45) is 0 Å². The smallest absolute Gasteiger partial charge is 0.279 e. The second-order valence-corrected chi connectivity index (χ2v) is 6.45. The molecule has 2 aromatic rings. The zero-order valence-electron chi connectivity index (χ0n) is 12.5. The van der Waals surface area contributed by atoms with E-state index in [2.05, 4.69) is 5.32 Å². The van der Waals surface area contributed by atoms with Gasteiger partial charge in [-0.1, -0.05) is 17.7 Å². The number of benzene rings is 1. The molecule has 1 amide bonds. The number of amides is 1. The molecule has 1 aromatic heterocycles. The van der Waals surface area contributed by atoms with Crippen LogP contribution in [-0.4, -0.2) is 23.9 Å². The minimum absolute atomic E-state index is 0.105. The molecule has 8 heteroatoms. The van der Waals surface area contributed by atoms with Gasteiger partial charge >= 0.3 is 0 Å². The summed E-state index contributed by atoms with van der Waals surface area (Å²) in [6.07, 6.45) is 0. The summed E-state index contributed by atoms with van der Waals surface area (Å²) in [5.41, 5.74) is 0.278. The monoisotopic (exact) mass is 354 g/mol. The average molecular weight is 355 g/mol. The van der Waals surface area contributed by atoms with E-state index in [1.165, 1.54) is 23.1 Å². The lowest BCUT2D eigenvalue weighted by Crippen LogP contribution is -3.11. The van der Waals surface area contributed by atoms with E-state index < -0.39 is 4.92 Å². The zero-order chi connectivity index (χ0) is 16.8. The Labute approximate surface area is 142 Å². The van der Waals surface area contributed by atoms with E-state index in [0.717, 1.165) is 18.0 Å². The van der Waals surface area contributed by atoms with Crippen LogP contribution in [0.4, 0.5) is 11.4 Å². The Morgan fingerprint density at radius 3 is 2.78 bits per heavy atom. The second kappa shape index (κ2) is 8.05. The molecule has 2 rings (SSSR count). The minimum atomic E-state index is -0.526. The lowest BCUT2D eigenvalue weighted by molar-refractivity contribution is -0.903. The number of nitrogens with zero attached hydrogens (tertiary/aromatic N) is 1. The quantitative estimate of drug-likeness (QED) is 0.592. The third kappa shape index (κ3) is 5.02. The molecule has 0 saturated carbocycles. The maximum Gasteiger partial charge on any atom is 0.279 e. The third-order valence-corrected chi connectivity index (χ3v) is 4.54. The van der Waals surface area contributed by atoms with Crippen molar-refractivity contribution in [2.45, 2.75) is 13.5 Å². The molecule has 6 nitrogen and oxygen atoms in total. The van der Waals surface area contributed by atoms with Gasteiger partial charge in [0, 0.05) is 12.1 Å². The number of carbonyl (C=O) groups excluding carboxylic acids is 1. The molecule has 0 radical (unpaired) electrons. The highest BCUT2D eigenvalue weighted by atomic mass is 35.5. The van der Waals surface area contributed by atoms with E-state index in [1.807, 2.05) is 24.4 Å². The Balaban J connectivity index is 1.96. The van der Waals surface area contributed by atoms with Crippen molar-refractivity contribution in [2.75, 3.05) is 18.4 Å². The molecule has 2 N–H and O–H groups in total. The van der Waals surface area contributed by atoms with Crippen LogP contribution in [0.15, 0.2) is 35.7 Å². The lowest BCUT2D eigenvalue weighted by atomic mass is 10.2. The summed E-state index contributed by atoms with van der Waals surface area (Å²) < 4.78 is 0. The van der Waals surface area contributed by atoms with Crippen molar-refractivity contribution in [1.82, 2.24) is 0 Å². The predicted molar refractivity (Wildman–Crippen MR) is 91.1 cm³/mol. The number of thiophene rings is 1. The maximum absolute atomic E-state index is 12.2. The summed E-state index contributed by atoms with van der Waals surface area (Å²) in [6.45, 7) is 3.94. The van der Waals surface area contributed by atoms with Gasteiger partial charge in [-0.25, -0.2) is 0 Å². The topological polar surface area (TPSA) is 76.7 Å². The number of halogens is 1. The molecule has 0 aliphatic carbocycles. The predicted octanol–water partition coefficient (Wildman–Crippen LogP) is 2.35. The van der Waals surface area contributed by atoms with Gasteiger partial charge < -0.3 is 10.2 Å². The number of nitrogens with one attached hydrogen (secondary N) is 2. The van der Waals surface area contributed by atoms with Crippen LogP contribution in [0.25, 0.3) is 0 Å². The first kappa shape index (κ1) is 17.4. The van der Waals surface area contributed by atoms with Crippen molar-refractivity contribution < 1.29 is 14.6 Å². The Kier molecular flexibility index (Phi) is 6.09. The highest BCUT2D eigenvalue weighted by Crippen LogP contribution is 2.26. The highest BCUT2D eigenvalue weighted by Gasteiger charge is 2.16. The summed E-state index contributed by atoms with van der Waals surface area (Å²) in [5, 5.41) is 15.6. The van der Waals surface area contributed by atoms with Gasteiger partial charge in [-0.3, -0.25) is 14.9 Å². The molecule has 0 spiro atoms. The summed E-state index contributed by atoms with van der Waals surface area (Å²) in [7, 11) is 0. The summed E-state index contributed by atoms with van der Waals surface area (Å²) in [6, 6.07) is 8.03. The Morgan fingerprint density at radius 1 is 1.43 bits per heavy atom. The minimum Gasteiger partial charge on any atom is -0.323 e. The number of nitro groups is 1. The number of hydrogen-bond acceptors (Lipinski definition) is 4. The van der Waals surface area contributed by atoms with E-state index in [1.54, 1.807) is 11.3 Å². The van der Waals surface area contributed by atoms with Gasteiger partial charge in [0.05, 0.1) is 27.1 Å². The lowest BCUT2D eigenvalue weighted by Gasteiger charge is -2.16. The summed E-state index contributed by atoms with van der Waals surface area (Å²) in [4.78, 5) is 24.7. The molecule has 1 heterocycles. The first-order valence-electron chi connectivity index (χ1n) is 7.09. The van der Waals surface area contributed by atoms with Gasteiger partial charge in [0.15, 0.2) is 6.54 Å². The second-order valence-electron chi connectivity index (χ2n) is 5.01. The van der Waals surface area contributed by atoms with Crippen LogP contribution in [0.2, 0.25) is 5.02 Å². The number of hydrogen-bond donors (Lipinski definition) is 2. The highest BCUT2D eigenvalue weighted by molar-refractivity contribution is 7.09. The maximum atomic E-state index is 12.2. The molecule has 0 aliphatic rings. The fraction of sp³-hybridized carbons (Fsp3) is 0.267. The van der Waals surface area contributed by atoms with Gasteiger partial charge in [0.2, 0.25) is 0 Å². The van der Waals surface area contributed by atoms with Crippen molar-refractivity contribution in [3.63, 3.8) is 0 Å². The summed E-state index contributed by atoms with van der Waals surface area (Å²) in [5.74, 6) is -0.172. The van der Waals surface area contributed by atoms with E-state index in [9.17, 15) is 14.9 Å². The Hall–Kier alpha value is -1.96. The van der Waals surface area contributed by atoms with E-state index >= 15 is 0 Å². The Morgan fingerprint density at radius 2 is 2.22 bits per heavy atom. The van der Waals surface area contributed by atoms with Crippen LogP contribution >= 0.6 is 22.9 Å². The van der Waals surface area contributed by atoms with Crippen molar-refractivity contribution >= 4 is 40.2 Å². The number of non-ortho nitro benzene ring substituents is 1. The average Bonchev–Trinajstić information content (AvgIpc) is 3.01. The van der Waals surface area contributed by atoms with Crippen molar-refractivity contribution in [1.29, 1.82) is 0 Å². The first-order valence-corrected chi connectivity index (χ1v) is 8.35. The molecule has 1 aromatic carbocycles. The zero-order valence-corrected chi connectivity index (χ0v) is 14.1. The van der Waals surface area contributed by atoms with Crippen molar-refractivity contribution in [3.05, 3.63) is 55.7 Å². The molecular formula is C15H17ClN3O3S+. The van der Waals surface area contributed by atoms with Gasteiger partial charge in [0.1, 0.15) is 6.54 Å². The number of carbonyl (C=O) groups is 1. The van der Waals surface area contributed by atoms with Crippen LogP contribution in [0.3, 0.4) is 0 Å². The first-order chi connectivity index (χ1) is 11.0. The largest absolute Gasteiger partial charge is 0.323 e. The third-order valence-electron chi connectivity index (χ3n) is 3.35. The van der Waals surface area contributed by atoms with Crippen LogP contribution in [0, 0.1) is 10.1 Å². The molecule has 122 valence electrons. The molecule has 1 atom stereocenters. The number of anilines is 1. The van der Waals surface area contributed by atoms with Crippen molar-refractivity contribution in [3.8, 4) is 0 Å². The van der Waals surface area contributed by atoms with Gasteiger partial charge in [-0.05, 0) is 24.4 Å². The molecule has 0 saturated heterocycles. The number of rotatable bonds is 7. The number of nitro benzene ring substituents is 1. The standard InChI is InChI=1S/C15H16ClN3O3S/c1-2-18(9-12-4-3-7-23-12)10-15(20)17-14-6-5-11(19(21)22)8-13(14)16/h3-8H,2,9-10H2,1H3,(H,17,20)/p+1. The fourth-order valence-electron chi connectivity index (χ4n) is 2.11. The SMILES string of the molecule is CC[NH+](CC(=O)Nc1ccc([N+](=O)[O-])cc1Cl)Cc1cccs1. The van der Waals surface area contributed by atoms with E-state index in [-0.39, 0.29) is 16.6 Å². The van der Waals surface area contributed by atoms with Gasteiger partial charge in [0.25, 0.3) is 11.6 Å². The van der Waals surface area contributed by atoms with E-state index in [0.29, 0.717) is 12.2 Å². The molecule has 0 fully saturated rings. The number of likely N-dealkylation sites (N-methyl/N-ethyl adjacent to an activating group) is 1. The summed E-state index contributed by atoms with van der Waals surface area (Å²) >= 11 is 7.65. The normalized spacial score (nSPS) is 11.9.